The average Bonchev–Trinajstić information content (AvgIpc) is 3.51. The fourth-order valence-electron chi connectivity index (χ4n) is 6.40. The fourth-order valence-corrected chi connectivity index (χ4v) is 6.40. The van der Waals surface area contributed by atoms with Crippen molar-refractivity contribution in [1.82, 2.24) is 14.9 Å². The van der Waals surface area contributed by atoms with Crippen LogP contribution in [0, 0.1) is 12.3 Å². The Morgan fingerprint density at radius 2 is 2.09 bits per heavy atom. The van der Waals surface area contributed by atoms with Crippen molar-refractivity contribution in [2.24, 2.45) is 5.41 Å². The van der Waals surface area contributed by atoms with Crippen molar-refractivity contribution in [2.45, 2.75) is 69.9 Å². The summed E-state index contributed by atoms with van der Waals surface area (Å²) in [5.74, 6) is -1.68. The van der Waals surface area contributed by atoms with Gasteiger partial charge in [0.25, 0.3) is 6.47 Å². The Labute approximate surface area is 197 Å². The molecule has 178 valence electrons. The van der Waals surface area contributed by atoms with E-state index >= 15 is 0 Å². The van der Waals surface area contributed by atoms with Crippen LogP contribution < -0.4 is 4.74 Å². The second kappa shape index (κ2) is 7.87. The number of H-pyrrole nitrogens is 1. The van der Waals surface area contributed by atoms with Crippen LogP contribution in [0.5, 0.6) is 5.88 Å². The molecule has 1 spiro atoms. The Morgan fingerprint density at radius 3 is 2.76 bits per heavy atom. The number of aromatic amines is 1. The number of halogens is 2. The summed E-state index contributed by atoms with van der Waals surface area (Å²) >= 11 is 0. The highest BCUT2D eigenvalue weighted by Gasteiger charge is 2.58. The summed E-state index contributed by atoms with van der Waals surface area (Å²) in [4.78, 5) is 20.8. The van der Waals surface area contributed by atoms with E-state index < -0.39 is 5.92 Å². The first kappa shape index (κ1) is 21.7. The van der Waals surface area contributed by atoms with E-state index in [1.807, 2.05) is 12.3 Å². The van der Waals surface area contributed by atoms with Crippen molar-refractivity contribution in [2.75, 3.05) is 6.54 Å². The number of fused-ring (bicyclic) bond motifs is 1. The van der Waals surface area contributed by atoms with E-state index in [4.69, 9.17) is 4.74 Å². The van der Waals surface area contributed by atoms with Crippen LogP contribution in [-0.2, 0) is 11.3 Å². The number of rotatable bonds is 6. The third-order valence-corrected chi connectivity index (χ3v) is 8.14. The lowest BCUT2D eigenvalue weighted by Gasteiger charge is -2.54. The molecule has 3 aromatic rings. The molecule has 1 saturated heterocycles. The number of pyridine rings is 1. The molecular formula is C27H29F2N3O2. The van der Waals surface area contributed by atoms with Gasteiger partial charge in [-0.3, -0.25) is 9.69 Å². The molecule has 0 bridgehead atoms. The van der Waals surface area contributed by atoms with E-state index in [0.717, 1.165) is 25.1 Å². The molecule has 7 heteroatoms. The van der Waals surface area contributed by atoms with Gasteiger partial charge in [-0.05, 0) is 78.8 Å². The summed E-state index contributed by atoms with van der Waals surface area (Å²) in [7, 11) is 0. The average molecular weight is 466 g/mol. The minimum absolute atomic E-state index is 0.00928. The van der Waals surface area contributed by atoms with Gasteiger partial charge in [-0.2, -0.15) is 0 Å². The monoisotopic (exact) mass is 465 g/mol. The molecule has 2 aromatic heterocycles. The Morgan fingerprint density at radius 1 is 1.26 bits per heavy atom. The van der Waals surface area contributed by atoms with E-state index in [9.17, 15) is 13.6 Å². The maximum Gasteiger partial charge on any atom is 0.299 e. The number of likely N-dealkylation sites (tertiary alicyclic amines) is 1. The molecule has 1 aliphatic heterocycles. The predicted octanol–water partition coefficient (Wildman–Crippen LogP) is 6.04. The maximum atomic E-state index is 13.9. The lowest BCUT2D eigenvalue weighted by molar-refractivity contribution is -0.186. The van der Waals surface area contributed by atoms with Gasteiger partial charge in [0, 0.05) is 54.8 Å². The molecule has 1 unspecified atom stereocenters. The van der Waals surface area contributed by atoms with Crippen LogP contribution in [0.15, 0.2) is 36.7 Å². The van der Waals surface area contributed by atoms with E-state index in [-0.39, 0.29) is 30.2 Å². The Balaban J connectivity index is 1.35. The van der Waals surface area contributed by atoms with Crippen molar-refractivity contribution in [3.63, 3.8) is 0 Å². The van der Waals surface area contributed by atoms with Gasteiger partial charge in [-0.15, -0.1) is 0 Å². The van der Waals surface area contributed by atoms with Crippen molar-refractivity contribution in [1.29, 1.82) is 0 Å². The highest BCUT2D eigenvalue weighted by molar-refractivity contribution is 5.87. The van der Waals surface area contributed by atoms with Gasteiger partial charge in [0.05, 0.1) is 0 Å². The number of ether oxygens (including phenoxy) is 1. The Kier molecular flexibility index (Phi) is 5.03. The van der Waals surface area contributed by atoms with E-state index in [1.165, 1.54) is 40.4 Å². The molecule has 0 amide bonds. The Bertz CT molecular complexity index is 1220. The van der Waals surface area contributed by atoms with Gasteiger partial charge in [0.1, 0.15) is 0 Å². The molecule has 3 fully saturated rings. The molecular weight excluding hydrogens is 436 g/mol. The van der Waals surface area contributed by atoms with Gasteiger partial charge >= 0.3 is 0 Å². The zero-order valence-corrected chi connectivity index (χ0v) is 19.3. The van der Waals surface area contributed by atoms with Crippen LogP contribution in [-0.4, -0.2) is 33.8 Å². The normalized spacial score (nSPS) is 23.7. The number of alkyl halides is 2. The summed E-state index contributed by atoms with van der Waals surface area (Å²) in [5.41, 5.74) is 5.92. The first-order chi connectivity index (χ1) is 16.4. The maximum absolute atomic E-state index is 13.9. The van der Waals surface area contributed by atoms with E-state index in [2.05, 4.69) is 33.9 Å². The Hall–Kier alpha value is -2.80. The summed E-state index contributed by atoms with van der Waals surface area (Å²) in [6, 6.07) is 8.10. The van der Waals surface area contributed by atoms with Gasteiger partial charge in [0.15, 0.2) is 0 Å². The summed E-state index contributed by atoms with van der Waals surface area (Å²) in [6.45, 7) is 4.08. The molecule has 5 nitrogen and oxygen atoms in total. The predicted molar refractivity (Wildman–Crippen MR) is 125 cm³/mol. The van der Waals surface area contributed by atoms with Crippen LogP contribution >= 0.6 is 0 Å². The number of carbonyl (C=O) groups excluding carboxylic acids is 1. The number of hydrogen-bond donors (Lipinski definition) is 1. The molecule has 1 aromatic carbocycles. The molecule has 1 N–H and O–H groups in total. The molecule has 6 rings (SSSR count). The quantitative estimate of drug-likeness (QED) is 0.451. The molecule has 2 aliphatic carbocycles. The largest absolute Gasteiger partial charge is 0.410 e. The number of aromatic nitrogens is 2. The second-order valence-electron chi connectivity index (χ2n) is 10.6. The summed E-state index contributed by atoms with van der Waals surface area (Å²) in [6.07, 6.45) is 7.63. The molecule has 0 radical (unpaired) electrons. The minimum atomic E-state index is -2.54. The van der Waals surface area contributed by atoms with Crippen molar-refractivity contribution in [3.05, 3.63) is 58.9 Å². The number of piperidine rings is 1. The molecule has 3 aliphatic rings. The number of hydrogen-bond acceptors (Lipinski definition) is 4. The lowest BCUT2D eigenvalue weighted by Crippen LogP contribution is -2.53. The number of nitrogens with one attached hydrogen (secondary N) is 1. The lowest BCUT2D eigenvalue weighted by atomic mass is 9.59. The third-order valence-electron chi connectivity index (χ3n) is 8.14. The molecule has 2 saturated carbocycles. The van der Waals surface area contributed by atoms with Gasteiger partial charge in [-0.1, -0.05) is 12.1 Å². The van der Waals surface area contributed by atoms with E-state index in [0.29, 0.717) is 18.8 Å². The van der Waals surface area contributed by atoms with Crippen LogP contribution in [0.4, 0.5) is 8.78 Å². The first-order valence-electron chi connectivity index (χ1n) is 12.1. The SMILES string of the molecule is Cc1cc(C2CC2)c(CN2CCC3(CC2c2ccc(OC=O)nc2)CC(F)(F)C3)c2cc[nH]c12. The molecule has 3 heterocycles. The standard InChI is InChI=1S/C27H29F2N3O2/c1-17-10-21(18-2-3-18)22(20-6-8-30-25(17)20)13-32-9-7-26(14-27(28,29)15-26)11-23(32)19-4-5-24(31-12-19)34-16-33/h4-6,8,10,12,16,18,23,30H,2-3,7,9,11,13-15H2,1H3. The number of carbonyl (C=O) groups is 1. The highest BCUT2D eigenvalue weighted by atomic mass is 19.3. The highest BCUT2D eigenvalue weighted by Crippen LogP contribution is 2.60. The zero-order chi connectivity index (χ0) is 23.5. The van der Waals surface area contributed by atoms with Gasteiger partial charge < -0.3 is 9.72 Å². The third kappa shape index (κ3) is 3.80. The van der Waals surface area contributed by atoms with Crippen LogP contribution in [0.3, 0.4) is 0 Å². The summed E-state index contributed by atoms with van der Waals surface area (Å²) in [5, 5.41) is 1.27. The number of nitrogens with zero attached hydrogens (tertiary/aromatic N) is 2. The number of benzene rings is 1. The topological polar surface area (TPSA) is 58.2 Å². The summed E-state index contributed by atoms with van der Waals surface area (Å²) < 4.78 is 32.7. The first-order valence-corrected chi connectivity index (χ1v) is 12.1. The number of aryl methyl sites for hydroxylation is 1. The fraction of sp³-hybridized carbons (Fsp3) is 0.481. The van der Waals surface area contributed by atoms with Crippen LogP contribution in [0.2, 0.25) is 0 Å². The second-order valence-corrected chi connectivity index (χ2v) is 10.6. The molecule has 34 heavy (non-hydrogen) atoms. The van der Waals surface area contributed by atoms with E-state index in [1.54, 1.807) is 12.3 Å². The van der Waals surface area contributed by atoms with Crippen molar-refractivity contribution in [3.8, 4) is 5.88 Å². The van der Waals surface area contributed by atoms with Crippen molar-refractivity contribution < 1.29 is 18.3 Å². The minimum Gasteiger partial charge on any atom is -0.410 e. The van der Waals surface area contributed by atoms with Gasteiger partial charge in [-0.25, -0.2) is 13.8 Å². The van der Waals surface area contributed by atoms with Crippen LogP contribution in [0.25, 0.3) is 10.9 Å². The van der Waals surface area contributed by atoms with Crippen molar-refractivity contribution >= 4 is 17.4 Å². The smallest absolute Gasteiger partial charge is 0.299 e. The van der Waals surface area contributed by atoms with Crippen LogP contribution in [0.1, 0.15) is 72.7 Å². The molecule has 1 atom stereocenters. The van der Waals surface area contributed by atoms with Gasteiger partial charge in [0.2, 0.25) is 11.8 Å². The zero-order valence-electron chi connectivity index (χ0n) is 19.3.